The van der Waals surface area contributed by atoms with Crippen molar-refractivity contribution in [2.24, 2.45) is 0 Å². The van der Waals surface area contributed by atoms with Gasteiger partial charge in [0.2, 0.25) is 5.91 Å². The molecule has 1 heterocycles. The number of aromatic carboxylic acids is 1. The highest BCUT2D eigenvalue weighted by molar-refractivity contribution is 6.30. The summed E-state index contributed by atoms with van der Waals surface area (Å²) in [6.07, 6.45) is 0. The van der Waals surface area contributed by atoms with Gasteiger partial charge in [0.05, 0.1) is 0 Å². The van der Waals surface area contributed by atoms with Gasteiger partial charge in [0.1, 0.15) is 12.2 Å². The summed E-state index contributed by atoms with van der Waals surface area (Å²) in [5.74, 6) is -1.42. The van der Waals surface area contributed by atoms with Crippen LogP contribution in [-0.2, 0) is 11.3 Å². The number of benzene rings is 1. The average molecular weight is 309 g/mol. The number of hydrogen-bond acceptors (Lipinski definition) is 4. The molecule has 1 N–H and O–H groups in total. The predicted octanol–water partition coefficient (Wildman–Crippen LogP) is 1.38. The Hall–Kier alpha value is -2.41. The van der Waals surface area contributed by atoms with Gasteiger partial charge in [-0.15, -0.1) is 5.10 Å². The molecule has 1 amide bonds. The van der Waals surface area contributed by atoms with E-state index in [9.17, 15) is 14.7 Å². The first-order chi connectivity index (χ1) is 9.90. The van der Waals surface area contributed by atoms with Crippen molar-refractivity contribution < 1.29 is 14.7 Å². The molecule has 0 bridgehead atoms. The van der Waals surface area contributed by atoms with Gasteiger partial charge < -0.3 is 10.0 Å². The minimum Gasteiger partial charge on any atom is -0.476 e. The zero-order valence-corrected chi connectivity index (χ0v) is 12.2. The fraction of sp³-hybridized carbons (Fsp3) is 0.231. The molecule has 0 atom stereocenters. The van der Waals surface area contributed by atoms with Crippen molar-refractivity contribution in [1.29, 1.82) is 0 Å². The van der Waals surface area contributed by atoms with E-state index in [1.807, 2.05) is 0 Å². The molecule has 2 rings (SSSR count). The predicted molar refractivity (Wildman–Crippen MR) is 76.1 cm³/mol. The second-order valence-corrected chi connectivity index (χ2v) is 4.98. The molecule has 21 heavy (non-hydrogen) atoms. The Morgan fingerprint density at radius 3 is 2.43 bits per heavy atom. The molecule has 110 valence electrons. The number of carbonyl (C=O) groups excluding carboxylic acids is 1. The van der Waals surface area contributed by atoms with Crippen molar-refractivity contribution in [3.63, 3.8) is 0 Å². The summed E-state index contributed by atoms with van der Waals surface area (Å²) < 4.78 is 1.27. The van der Waals surface area contributed by atoms with Gasteiger partial charge >= 0.3 is 5.97 Å². The normalized spacial score (nSPS) is 10.4. The van der Waals surface area contributed by atoms with Crippen LogP contribution in [0.25, 0.3) is 11.3 Å². The molecule has 2 aromatic rings. The molecule has 0 spiro atoms. The van der Waals surface area contributed by atoms with E-state index < -0.39 is 5.97 Å². The van der Waals surface area contributed by atoms with E-state index in [1.54, 1.807) is 38.4 Å². The molecule has 8 heteroatoms. The minimum absolute atomic E-state index is 0.0920. The summed E-state index contributed by atoms with van der Waals surface area (Å²) >= 11 is 5.83. The molecule has 0 unspecified atom stereocenters. The van der Waals surface area contributed by atoms with Crippen molar-refractivity contribution in [1.82, 2.24) is 19.9 Å². The zero-order chi connectivity index (χ0) is 15.6. The largest absolute Gasteiger partial charge is 0.476 e. The van der Waals surface area contributed by atoms with Gasteiger partial charge in [0.25, 0.3) is 0 Å². The third kappa shape index (κ3) is 3.19. The number of aromatic nitrogens is 3. The van der Waals surface area contributed by atoms with E-state index in [1.165, 1.54) is 9.58 Å². The van der Waals surface area contributed by atoms with Crippen molar-refractivity contribution in [3.8, 4) is 11.3 Å². The Morgan fingerprint density at radius 2 is 1.90 bits per heavy atom. The molecule has 0 saturated heterocycles. The summed E-state index contributed by atoms with van der Waals surface area (Å²) in [5, 5.41) is 17.1. The van der Waals surface area contributed by atoms with E-state index in [2.05, 4.69) is 10.3 Å². The van der Waals surface area contributed by atoms with E-state index in [0.717, 1.165) is 0 Å². The van der Waals surface area contributed by atoms with Crippen LogP contribution in [0.15, 0.2) is 24.3 Å². The lowest BCUT2D eigenvalue weighted by Gasteiger charge is -2.11. The second kappa shape index (κ2) is 5.92. The summed E-state index contributed by atoms with van der Waals surface area (Å²) in [7, 11) is 3.22. The second-order valence-electron chi connectivity index (χ2n) is 4.54. The van der Waals surface area contributed by atoms with Gasteiger partial charge in [0, 0.05) is 24.7 Å². The van der Waals surface area contributed by atoms with Crippen LogP contribution in [0.3, 0.4) is 0 Å². The molecular formula is C13H13ClN4O3. The van der Waals surface area contributed by atoms with Gasteiger partial charge in [-0.25, -0.2) is 9.48 Å². The van der Waals surface area contributed by atoms with Crippen LogP contribution in [0.2, 0.25) is 5.02 Å². The van der Waals surface area contributed by atoms with Crippen molar-refractivity contribution in [2.45, 2.75) is 6.54 Å². The van der Waals surface area contributed by atoms with Crippen LogP contribution in [0.1, 0.15) is 10.5 Å². The van der Waals surface area contributed by atoms with Crippen molar-refractivity contribution in [2.75, 3.05) is 14.1 Å². The zero-order valence-electron chi connectivity index (χ0n) is 11.4. The van der Waals surface area contributed by atoms with E-state index in [4.69, 9.17) is 11.6 Å². The van der Waals surface area contributed by atoms with Crippen molar-refractivity contribution in [3.05, 3.63) is 35.0 Å². The number of rotatable bonds is 4. The standard InChI is InChI=1S/C13H13ClN4O3/c1-17(2)10(19)7-18-12(11(13(20)21)15-16-18)8-3-5-9(14)6-4-8/h3-6H,7H2,1-2H3,(H,20,21). The van der Waals surface area contributed by atoms with Gasteiger partial charge in [-0.1, -0.05) is 28.9 Å². The molecule has 1 aromatic heterocycles. The maximum atomic E-state index is 11.8. The first kappa shape index (κ1) is 15.0. The van der Waals surface area contributed by atoms with Crippen LogP contribution in [-0.4, -0.2) is 51.0 Å². The quantitative estimate of drug-likeness (QED) is 0.922. The van der Waals surface area contributed by atoms with Gasteiger partial charge in [-0.3, -0.25) is 4.79 Å². The number of hydrogen-bond donors (Lipinski definition) is 1. The van der Waals surface area contributed by atoms with Gasteiger partial charge in [-0.05, 0) is 12.1 Å². The number of carboxylic acids is 1. The van der Waals surface area contributed by atoms with Gasteiger partial charge in [0.15, 0.2) is 5.69 Å². The fourth-order valence-electron chi connectivity index (χ4n) is 1.73. The lowest BCUT2D eigenvalue weighted by molar-refractivity contribution is -0.129. The molecule has 0 aliphatic rings. The Kier molecular flexibility index (Phi) is 4.23. The average Bonchev–Trinajstić information content (AvgIpc) is 2.83. The third-order valence-electron chi connectivity index (χ3n) is 2.84. The summed E-state index contributed by atoms with van der Waals surface area (Å²) in [6, 6.07) is 6.58. The third-order valence-corrected chi connectivity index (χ3v) is 3.09. The molecule has 0 radical (unpaired) electrons. The van der Waals surface area contributed by atoms with Crippen LogP contribution in [0, 0.1) is 0 Å². The van der Waals surface area contributed by atoms with Crippen LogP contribution < -0.4 is 0 Å². The van der Waals surface area contributed by atoms with Crippen LogP contribution >= 0.6 is 11.6 Å². The SMILES string of the molecule is CN(C)C(=O)Cn1nnc(C(=O)O)c1-c1ccc(Cl)cc1. The number of carboxylic acid groups (broad SMARTS) is 1. The Morgan fingerprint density at radius 1 is 1.29 bits per heavy atom. The minimum atomic E-state index is -1.21. The molecular weight excluding hydrogens is 296 g/mol. The molecule has 7 nitrogen and oxygen atoms in total. The smallest absolute Gasteiger partial charge is 0.358 e. The number of halogens is 1. The molecule has 0 aliphatic carbocycles. The topological polar surface area (TPSA) is 88.3 Å². The maximum absolute atomic E-state index is 11.8. The molecule has 0 aliphatic heterocycles. The Labute approximate surface area is 125 Å². The van der Waals surface area contributed by atoms with Gasteiger partial charge in [-0.2, -0.15) is 0 Å². The number of likely N-dealkylation sites (N-methyl/N-ethyl adjacent to an activating group) is 1. The molecule has 0 fully saturated rings. The molecule has 1 aromatic carbocycles. The fourth-order valence-corrected chi connectivity index (χ4v) is 1.86. The number of amides is 1. The monoisotopic (exact) mass is 308 g/mol. The first-order valence-corrected chi connectivity index (χ1v) is 6.41. The number of carbonyl (C=O) groups is 2. The maximum Gasteiger partial charge on any atom is 0.358 e. The lowest BCUT2D eigenvalue weighted by Crippen LogP contribution is -2.27. The molecule has 0 saturated carbocycles. The number of nitrogens with zero attached hydrogens (tertiary/aromatic N) is 4. The highest BCUT2D eigenvalue weighted by atomic mass is 35.5. The van der Waals surface area contributed by atoms with Crippen LogP contribution in [0.4, 0.5) is 0 Å². The van der Waals surface area contributed by atoms with Crippen LogP contribution in [0.5, 0.6) is 0 Å². The highest BCUT2D eigenvalue weighted by Gasteiger charge is 2.22. The Bertz CT molecular complexity index is 679. The summed E-state index contributed by atoms with van der Waals surface area (Å²) in [5.41, 5.74) is 0.645. The van der Waals surface area contributed by atoms with E-state index >= 15 is 0 Å². The lowest BCUT2D eigenvalue weighted by atomic mass is 10.1. The highest BCUT2D eigenvalue weighted by Crippen LogP contribution is 2.24. The Balaban J connectivity index is 2.50. The van der Waals surface area contributed by atoms with Crippen molar-refractivity contribution >= 4 is 23.5 Å². The summed E-state index contributed by atoms with van der Waals surface area (Å²) in [6.45, 7) is -0.0920. The first-order valence-electron chi connectivity index (χ1n) is 6.03. The summed E-state index contributed by atoms with van der Waals surface area (Å²) in [4.78, 5) is 24.5. The van der Waals surface area contributed by atoms with E-state index in [-0.39, 0.29) is 23.8 Å². The van der Waals surface area contributed by atoms with E-state index in [0.29, 0.717) is 10.6 Å².